The molecule has 1 unspecified atom stereocenters. The molecule has 2 atom stereocenters. The number of pyridine rings is 1. The van der Waals surface area contributed by atoms with Gasteiger partial charge in [0, 0.05) is 13.1 Å². The van der Waals surface area contributed by atoms with Crippen LogP contribution < -0.4 is 5.73 Å². The maximum Gasteiger partial charge on any atom is 0.406 e. The number of esters is 1. The molecule has 9 heteroatoms. The highest BCUT2D eigenvalue weighted by Gasteiger charge is 2.29. The molecule has 1 amide bonds. The lowest BCUT2D eigenvalue weighted by atomic mass is 10.1. The van der Waals surface area contributed by atoms with E-state index in [1.165, 1.54) is 19.2 Å². The van der Waals surface area contributed by atoms with Gasteiger partial charge < -0.3 is 20.3 Å². The summed E-state index contributed by atoms with van der Waals surface area (Å²) in [5.74, 6) is -1.60. The van der Waals surface area contributed by atoms with Crippen molar-refractivity contribution in [1.82, 2.24) is 4.98 Å². The molecule has 0 saturated carbocycles. The molecule has 0 radical (unpaired) electrons. The second-order valence-electron chi connectivity index (χ2n) is 3.73. The van der Waals surface area contributed by atoms with Crippen LogP contribution in [-0.4, -0.2) is 35.0 Å². The van der Waals surface area contributed by atoms with Crippen molar-refractivity contribution in [3.63, 3.8) is 0 Å². The van der Waals surface area contributed by atoms with Crippen LogP contribution in [0.3, 0.4) is 0 Å². The maximum absolute atomic E-state index is 10.9. The summed E-state index contributed by atoms with van der Waals surface area (Å²) in [6.07, 6.45) is -1.53. The molecule has 3 N–H and O–H groups in total. The Morgan fingerprint density at radius 1 is 1.50 bits per heavy atom. The molecule has 0 aliphatic rings. The van der Waals surface area contributed by atoms with E-state index in [1.54, 1.807) is 0 Å². The SMILES string of the molecule is CC(=O)OC[C@H](c1nccc(Cl)c1Cl)C(O)OC(N)=O. The first-order valence-corrected chi connectivity index (χ1v) is 6.16. The number of halogens is 2. The Morgan fingerprint density at radius 2 is 2.15 bits per heavy atom. The van der Waals surface area contributed by atoms with Gasteiger partial charge in [-0.05, 0) is 6.07 Å². The topological polar surface area (TPSA) is 112 Å². The third-order valence-electron chi connectivity index (χ3n) is 2.27. The van der Waals surface area contributed by atoms with Gasteiger partial charge in [0.25, 0.3) is 0 Å². The van der Waals surface area contributed by atoms with Gasteiger partial charge in [0.1, 0.15) is 6.61 Å². The van der Waals surface area contributed by atoms with Crippen LogP contribution in [0.5, 0.6) is 0 Å². The van der Waals surface area contributed by atoms with Crippen LogP contribution in [-0.2, 0) is 14.3 Å². The number of aliphatic hydroxyl groups excluding tert-OH is 1. The predicted molar refractivity (Wildman–Crippen MR) is 70.3 cm³/mol. The van der Waals surface area contributed by atoms with Crippen LogP contribution >= 0.6 is 23.2 Å². The molecule has 110 valence electrons. The number of rotatable bonds is 5. The number of hydrogen-bond acceptors (Lipinski definition) is 6. The fourth-order valence-corrected chi connectivity index (χ4v) is 1.80. The normalized spacial score (nSPS) is 13.4. The Morgan fingerprint density at radius 3 is 2.70 bits per heavy atom. The van der Waals surface area contributed by atoms with Crippen LogP contribution in [0.15, 0.2) is 12.3 Å². The van der Waals surface area contributed by atoms with Crippen molar-refractivity contribution in [2.45, 2.75) is 19.1 Å². The summed E-state index contributed by atoms with van der Waals surface area (Å²) >= 11 is 11.8. The predicted octanol–water partition coefficient (Wildman–Crippen LogP) is 1.45. The van der Waals surface area contributed by atoms with Gasteiger partial charge in [0.05, 0.1) is 21.7 Å². The first-order valence-electron chi connectivity index (χ1n) is 5.40. The lowest BCUT2D eigenvalue weighted by Gasteiger charge is -2.22. The molecule has 1 aromatic rings. The van der Waals surface area contributed by atoms with Gasteiger partial charge in [-0.2, -0.15) is 0 Å². The van der Waals surface area contributed by atoms with Gasteiger partial charge in [-0.15, -0.1) is 0 Å². The van der Waals surface area contributed by atoms with E-state index >= 15 is 0 Å². The number of hydrogen-bond donors (Lipinski definition) is 2. The molecule has 1 rings (SSSR count). The zero-order valence-electron chi connectivity index (χ0n) is 10.4. The molecular formula is C11H12Cl2N2O5. The largest absolute Gasteiger partial charge is 0.465 e. The second kappa shape index (κ2) is 7.28. The number of aromatic nitrogens is 1. The fraction of sp³-hybridized carbons (Fsp3) is 0.364. The fourth-order valence-electron chi connectivity index (χ4n) is 1.40. The van der Waals surface area contributed by atoms with E-state index in [4.69, 9.17) is 33.7 Å². The summed E-state index contributed by atoms with van der Waals surface area (Å²) in [6.45, 7) is 0.877. The van der Waals surface area contributed by atoms with Gasteiger partial charge in [-0.3, -0.25) is 9.78 Å². The van der Waals surface area contributed by atoms with Crippen molar-refractivity contribution in [3.05, 3.63) is 28.0 Å². The minimum absolute atomic E-state index is 0.0541. The monoisotopic (exact) mass is 322 g/mol. The third kappa shape index (κ3) is 4.52. The molecule has 0 bridgehead atoms. The Hall–Kier alpha value is -1.57. The highest BCUT2D eigenvalue weighted by Crippen LogP contribution is 2.31. The van der Waals surface area contributed by atoms with Gasteiger partial charge in [-0.25, -0.2) is 4.79 Å². The molecule has 1 heterocycles. The number of aliphatic hydroxyl groups is 1. The zero-order chi connectivity index (χ0) is 15.3. The molecular weight excluding hydrogens is 311 g/mol. The van der Waals surface area contributed by atoms with Crippen molar-refractivity contribution in [3.8, 4) is 0 Å². The Labute approximate surface area is 124 Å². The number of carbonyl (C=O) groups is 2. The molecule has 20 heavy (non-hydrogen) atoms. The lowest BCUT2D eigenvalue weighted by molar-refractivity contribution is -0.145. The maximum atomic E-state index is 10.9. The number of nitrogens with zero attached hydrogens (tertiary/aromatic N) is 1. The minimum atomic E-state index is -1.68. The van der Waals surface area contributed by atoms with E-state index in [1.807, 2.05) is 0 Å². The molecule has 1 aromatic heterocycles. The molecule has 0 fully saturated rings. The summed E-state index contributed by atoms with van der Waals surface area (Å²) in [7, 11) is 0. The average Bonchev–Trinajstić information content (AvgIpc) is 2.33. The van der Waals surface area contributed by atoms with Crippen LogP contribution in [0.25, 0.3) is 0 Å². The summed E-state index contributed by atoms with van der Waals surface area (Å²) < 4.78 is 9.24. The molecule has 0 aromatic carbocycles. The lowest BCUT2D eigenvalue weighted by Crippen LogP contribution is -2.31. The first kappa shape index (κ1) is 16.5. The van der Waals surface area contributed by atoms with E-state index in [2.05, 4.69) is 9.72 Å². The molecule has 7 nitrogen and oxygen atoms in total. The molecule has 0 aliphatic heterocycles. The van der Waals surface area contributed by atoms with Crippen molar-refractivity contribution in [2.75, 3.05) is 6.61 Å². The van der Waals surface area contributed by atoms with E-state index in [0.717, 1.165) is 0 Å². The van der Waals surface area contributed by atoms with Gasteiger partial charge >= 0.3 is 12.1 Å². The highest BCUT2D eigenvalue weighted by molar-refractivity contribution is 6.42. The van der Waals surface area contributed by atoms with Crippen molar-refractivity contribution < 1.29 is 24.2 Å². The van der Waals surface area contributed by atoms with E-state index in [9.17, 15) is 14.7 Å². The van der Waals surface area contributed by atoms with Gasteiger partial charge in [0.2, 0.25) is 6.29 Å². The standard InChI is InChI=1S/C11H12Cl2N2O5/c1-5(16)19-4-6(10(17)20-11(14)18)9-8(13)7(12)2-3-15-9/h2-3,6,10,17H,4H2,1H3,(H2,14,18)/t6-,10?/m1/s1. The van der Waals surface area contributed by atoms with Crippen LogP contribution in [0.1, 0.15) is 18.5 Å². The first-order chi connectivity index (χ1) is 9.32. The Bertz CT molecular complexity index is 512. The number of primary amides is 1. The summed E-state index contributed by atoms with van der Waals surface area (Å²) in [6, 6.07) is 1.44. The van der Waals surface area contributed by atoms with Crippen LogP contribution in [0.2, 0.25) is 10.0 Å². The second-order valence-corrected chi connectivity index (χ2v) is 4.51. The van der Waals surface area contributed by atoms with Crippen molar-refractivity contribution in [1.29, 1.82) is 0 Å². The minimum Gasteiger partial charge on any atom is -0.465 e. The van der Waals surface area contributed by atoms with Gasteiger partial charge in [-0.1, -0.05) is 23.2 Å². The number of nitrogens with two attached hydrogens (primary N) is 1. The van der Waals surface area contributed by atoms with Crippen LogP contribution in [0, 0.1) is 0 Å². The average molecular weight is 323 g/mol. The highest BCUT2D eigenvalue weighted by atomic mass is 35.5. The Balaban J connectivity index is 3.05. The zero-order valence-corrected chi connectivity index (χ0v) is 11.9. The number of amides is 1. The third-order valence-corrected chi connectivity index (χ3v) is 3.08. The molecule has 0 spiro atoms. The van der Waals surface area contributed by atoms with E-state index in [-0.39, 0.29) is 22.3 Å². The number of ether oxygens (including phenoxy) is 2. The van der Waals surface area contributed by atoms with Gasteiger partial charge in [0.15, 0.2) is 0 Å². The smallest absolute Gasteiger partial charge is 0.406 e. The van der Waals surface area contributed by atoms with E-state index < -0.39 is 24.3 Å². The summed E-state index contributed by atoms with van der Waals surface area (Å²) in [5.41, 5.74) is 4.94. The number of carbonyl (C=O) groups excluding carboxylic acids is 2. The van der Waals surface area contributed by atoms with Crippen molar-refractivity contribution >= 4 is 35.3 Å². The molecule has 0 saturated heterocycles. The van der Waals surface area contributed by atoms with E-state index in [0.29, 0.717) is 0 Å². The van der Waals surface area contributed by atoms with Crippen molar-refractivity contribution in [2.24, 2.45) is 5.73 Å². The summed E-state index contributed by atoms with van der Waals surface area (Å²) in [4.78, 5) is 25.5. The quantitative estimate of drug-likeness (QED) is 0.626. The van der Waals surface area contributed by atoms with Crippen LogP contribution in [0.4, 0.5) is 4.79 Å². The Kier molecular flexibility index (Phi) is 6.00. The summed E-state index contributed by atoms with van der Waals surface area (Å²) in [5, 5.41) is 10.0. The molecule has 0 aliphatic carbocycles.